The molecule has 0 radical (unpaired) electrons. The number of benzene rings is 1. The highest BCUT2D eigenvalue weighted by Gasteiger charge is 2.23. The monoisotopic (exact) mass is 310 g/mol. The van der Waals surface area contributed by atoms with E-state index in [2.05, 4.69) is 29.7 Å². The first-order valence-corrected chi connectivity index (χ1v) is 8.25. The average Bonchev–Trinajstić information content (AvgIpc) is 2.46. The summed E-state index contributed by atoms with van der Waals surface area (Å²) in [5.74, 6) is 0. The molecule has 0 heterocycles. The van der Waals surface area contributed by atoms with E-state index in [0.717, 1.165) is 6.42 Å². The third-order valence-electron chi connectivity index (χ3n) is 3.49. The summed E-state index contributed by atoms with van der Waals surface area (Å²) in [6.45, 7) is 6.72. The van der Waals surface area contributed by atoms with Crippen molar-refractivity contribution in [2.75, 3.05) is 13.2 Å². The summed E-state index contributed by atoms with van der Waals surface area (Å²) in [5.41, 5.74) is -0.353. The van der Waals surface area contributed by atoms with Crippen LogP contribution in [0.15, 0.2) is 35.2 Å². The fourth-order valence-electron chi connectivity index (χ4n) is 1.90. The second-order valence-electron chi connectivity index (χ2n) is 5.46. The maximum atomic E-state index is 11.9. The molecule has 4 nitrogen and oxygen atoms in total. The van der Waals surface area contributed by atoms with E-state index in [1.165, 1.54) is 4.90 Å². The number of aliphatic hydroxyl groups excluding tert-OH is 1. The van der Waals surface area contributed by atoms with Gasteiger partial charge in [0.1, 0.15) is 0 Å². The fourth-order valence-corrected chi connectivity index (χ4v) is 2.85. The lowest BCUT2D eigenvalue weighted by Crippen LogP contribution is -2.51. The topological polar surface area (TPSA) is 61.4 Å². The summed E-state index contributed by atoms with van der Waals surface area (Å²) in [7, 11) is 0. The predicted molar refractivity (Wildman–Crippen MR) is 88.7 cm³/mol. The number of thioether (sulfide) groups is 1. The Morgan fingerprint density at radius 2 is 2.05 bits per heavy atom. The summed E-state index contributed by atoms with van der Waals surface area (Å²) in [6.07, 6.45) is 1.35. The third kappa shape index (κ3) is 6.87. The Kier molecular flexibility index (Phi) is 7.61. The molecule has 0 saturated carbocycles. The van der Waals surface area contributed by atoms with Crippen molar-refractivity contribution in [1.82, 2.24) is 10.6 Å². The van der Waals surface area contributed by atoms with Gasteiger partial charge in [0.05, 0.1) is 0 Å². The quantitative estimate of drug-likeness (QED) is 0.647. The van der Waals surface area contributed by atoms with Crippen LogP contribution in [0.5, 0.6) is 0 Å². The number of urea groups is 1. The van der Waals surface area contributed by atoms with Crippen LogP contribution in [0.3, 0.4) is 0 Å². The maximum Gasteiger partial charge on any atom is 0.315 e. The molecule has 5 heteroatoms. The minimum Gasteiger partial charge on any atom is -0.396 e. The second-order valence-corrected chi connectivity index (χ2v) is 6.98. The first kappa shape index (κ1) is 17.9. The van der Waals surface area contributed by atoms with Crippen molar-refractivity contribution >= 4 is 17.8 Å². The van der Waals surface area contributed by atoms with E-state index < -0.39 is 0 Å². The lowest BCUT2D eigenvalue weighted by atomic mass is 9.95. The van der Waals surface area contributed by atoms with Gasteiger partial charge in [-0.1, -0.05) is 32.0 Å². The van der Waals surface area contributed by atoms with E-state index in [-0.39, 0.29) is 18.2 Å². The van der Waals surface area contributed by atoms with Crippen molar-refractivity contribution in [3.8, 4) is 0 Å². The molecule has 1 aromatic rings. The van der Waals surface area contributed by atoms with Crippen molar-refractivity contribution in [1.29, 1.82) is 0 Å². The molecule has 0 saturated heterocycles. The van der Waals surface area contributed by atoms with Gasteiger partial charge < -0.3 is 15.7 Å². The molecule has 118 valence electrons. The Bertz CT molecular complexity index is 428. The van der Waals surface area contributed by atoms with E-state index in [1.807, 2.05) is 32.0 Å². The zero-order valence-corrected chi connectivity index (χ0v) is 13.9. The normalized spacial score (nSPS) is 15.0. The SMILES string of the molecule is CCC(C)(CCO)NC(=O)NCC(C)Sc1ccccc1. The van der Waals surface area contributed by atoms with Crippen molar-refractivity contribution < 1.29 is 9.90 Å². The zero-order chi connectivity index (χ0) is 15.7. The van der Waals surface area contributed by atoms with Gasteiger partial charge in [-0.15, -0.1) is 11.8 Å². The fraction of sp³-hybridized carbons (Fsp3) is 0.562. The number of aliphatic hydroxyl groups is 1. The zero-order valence-electron chi connectivity index (χ0n) is 13.1. The van der Waals surface area contributed by atoms with E-state index in [0.29, 0.717) is 18.2 Å². The van der Waals surface area contributed by atoms with Gasteiger partial charge in [-0.25, -0.2) is 4.79 Å². The molecular weight excluding hydrogens is 284 g/mol. The highest BCUT2D eigenvalue weighted by molar-refractivity contribution is 8.00. The van der Waals surface area contributed by atoms with Crippen LogP contribution < -0.4 is 10.6 Å². The van der Waals surface area contributed by atoms with Gasteiger partial charge in [0.2, 0.25) is 0 Å². The molecule has 1 rings (SSSR count). The van der Waals surface area contributed by atoms with Crippen LogP contribution in [-0.4, -0.2) is 35.1 Å². The highest BCUT2D eigenvalue weighted by atomic mass is 32.2. The number of amides is 2. The number of carbonyl (C=O) groups excluding carboxylic acids is 1. The molecule has 2 amide bonds. The summed E-state index contributed by atoms with van der Waals surface area (Å²) in [6, 6.07) is 9.97. The molecular formula is C16H26N2O2S. The van der Waals surface area contributed by atoms with Crippen LogP contribution in [-0.2, 0) is 0 Å². The highest BCUT2D eigenvalue weighted by Crippen LogP contribution is 2.22. The van der Waals surface area contributed by atoms with Crippen LogP contribution in [0.2, 0.25) is 0 Å². The van der Waals surface area contributed by atoms with E-state index in [9.17, 15) is 4.79 Å². The summed E-state index contributed by atoms with van der Waals surface area (Å²) in [5, 5.41) is 15.2. The standard InChI is InChI=1S/C16H26N2O2S/c1-4-16(3,10-11-19)18-15(20)17-12-13(2)21-14-8-6-5-7-9-14/h5-9,13,19H,4,10-12H2,1-3H3,(H2,17,18,20). The largest absolute Gasteiger partial charge is 0.396 e. The van der Waals surface area contributed by atoms with Gasteiger partial charge >= 0.3 is 6.03 Å². The molecule has 21 heavy (non-hydrogen) atoms. The van der Waals surface area contributed by atoms with Crippen LogP contribution in [0, 0.1) is 0 Å². The Morgan fingerprint density at radius 1 is 1.38 bits per heavy atom. The van der Waals surface area contributed by atoms with E-state index in [4.69, 9.17) is 5.11 Å². The smallest absolute Gasteiger partial charge is 0.315 e. The Labute approximate surface area is 131 Å². The van der Waals surface area contributed by atoms with Crippen molar-refractivity contribution in [3.05, 3.63) is 30.3 Å². The molecule has 0 aromatic heterocycles. The van der Waals surface area contributed by atoms with Crippen LogP contribution in [0.1, 0.15) is 33.6 Å². The first-order chi connectivity index (χ1) is 9.99. The Hall–Kier alpha value is -1.20. The maximum absolute atomic E-state index is 11.9. The van der Waals surface area contributed by atoms with Gasteiger partial charge in [-0.05, 0) is 31.9 Å². The van der Waals surface area contributed by atoms with Crippen molar-refractivity contribution in [3.63, 3.8) is 0 Å². The average molecular weight is 310 g/mol. The van der Waals surface area contributed by atoms with Gasteiger partial charge in [-0.3, -0.25) is 0 Å². The van der Waals surface area contributed by atoms with Crippen LogP contribution in [0.25, 0.3) is 0 Å². The first-order valence-electron chi connectivity index (χ1n) is 7.37. The van der Waals surface area contributed by atoms with Crippen LogP contribution in [0.4, 0.5) is 4.79 Å². The lowest BCUT2D eigenvalue weighted by Gasteiger charge is -2.29. The Balaban J connectivity index is 2.35. The predicted octanol–water partition coefficient (Wildman–Crippen LogP) is 3.02. The third-order valence-corrected chi connectivity index (χ3v) is 4.60. The minimum absolute atomic E-state index is 0.0743. The summed E-state index contributed by atoms with van der Waals surface area (Å²) < 4.78 is 0. The number of hydrogen-bond acceptors (Lipinski definition) is 3. The van der Waals surface area contributed by atoms with Gasteiger partial charge in [0.15, 0.2) is 0 Å². The van der Waals surface area contributed by atoms with Gasteiger partial charge in [0, 0.05) is 28.8 Å². The molecule has 0 aliphatic heterocycles. The Morgan fingerprint density at radius 3 is 2.62 bits per heavy atom. The van der Waals surface area contributed by atoms with Crippen molar-refractivity contribution in [2.45, 2.75) is 49.3 Å². The minimum atomic E-state index is -0.353. The number of carbonyl (C=O) groups is 1. The summed E-state index contributed by atoms with van der Waals surface area (Å²) in [4.78, 5) is 13.1. The molecule has 0 bridgehead atoms. The van der Waals surface area contributed by atoms with E-state index >= 15 is 0 Å². The molecule has 0 spiro atoms. The molecule has 1 aromatic carbocycles. The van der Waals surface area contributed by atoms with E-state index in [1.54, 1.807) is 11.8 Å². The van der Waals surface area contributed by atoms with Gasteiger partial charge in [0.25, 0.3) is 0 Å². The molecule has 0 aliphatic carbocycles. The molecule has 0 aliphatic rings. The van der Waals surface area contributed by atoms with Crippen molar-refractivity contribution in [2.24, 2.45) is 0 Å². The molecule has 2 atom stereocenters. The molecule has 0 fully saturated rings. The van der Waals surface area contributed by atoms with Gasteiger partial charge in [-0.2, -0.15) is 0 Å². The second kappa shape index (κ2) is 8.95. The summed E-state index contributed by atoms with van der Waals surface area (Å²) >= 11 is 1.74. The molecule has 3 N–H and O–H groups in total. The number of hydrogen-bond donors (Lipinski definition) is 3. The lowest BCUT2D eigenvalue weighted by molar-refractivity contribution is 0.201. The molecule has 2 unspecified atom stereocenters. The number of nitrogens with one attached hydrogen (secondary N) is 2. The van der Waals surface area contributed by atoms with Crippen LogP contribution >= 0.6 is 11.8 Å². The number of rotatable bonds is 8.